The molecule has 2 heterocycles. The molecule has 0 saturated carbocycles. The summed E-state index contributed by atoms with van der Waals surface area (Å²) >= 11 is 0. The molecule has 2 aliphatic heterocycles. The van der Waals surface area contributed by atoms with Crippen LogP contribution in [0.15, 0.2) is 0 Å². The van der Waals surface area contributed by atoms with Crippen LogP contribution in [-0.2, 0) is 23.7 Å². The molecule has 0 aromatic rings. The molecular formula is C9H15NO6. The van der Waals surface area contributed by atoms with E-state index >= 15 is 0 Å². The van der Waals surface area contributed by atoms with Crippen molar-refractivity contribution < 1.29 is 28.5 Å². The summed E-state index contributed by atoms with van der Waals surface area (Å²) in [6.45, 7) is 2.56. The van der Waals surface area contributed by atoms with E-state index in [1.165, 1.54) is 0 Å². The van der Waals surface area contributed by atoms with Gasteiger partial charge in [-0.1, -0.05) is 0 Å². The molecule has 1 N–H and O–H groups in total. The Morgan fingerprint density at radius 2 is 1.81 bits per heavy atom. The van der Waals surface area contributed by atoms with E-state index in [1.54, 1.807) is 0 Å². The number of nitrogens with one attached hydrogen (secondary N) is 1. The Balaban J connectivity index is 1.66. The second-order valence-electron chi connectivity index (χ2n) is 3.36. The molecule has 2 rings (SSSR count). The molecule has 0 aromatic heterocycles. The van der Waals surface area contributed by atoms with Gasteiger partial charge in [-0.2, -0.15) is 0 Å². The van der Waals surface area contributed by atoms with Gasteiger partial charge in [-0.3, -0.25) is 5.32 Å². The van der Waals surface area contributed by atoms with Crippen LogP contribution >= 0.6 is 0 Å². The summed E-state index contributed by atoms with van der Waals surface area (Å²) < 4.78 is 25.6. The first-order valence-electron chi connectivity index (χ1n) is 5.20. The van der Waals surface area contributed by atoms with E-state index in [1.807, 2.05) is 0 Å². The van der Waals surface area contributed by atoms with Crippen molar-refractivity contribution in [3.05, 3.63) is 0 Å². The second-order valence-corrected chi connectivity index (χ2v) is 3.36. The minimum absolute atomic E-state index is 0.259. The maximum Gasteiger partial charge on any atom is 0.411 e. The molecule has 0 aliphatic carbocycles. The second kappa shape index (κ2) is 6.00. The predicted molar refractivity (Wildman–Crippen MR) is 50.7 cm³/mol. The van der Waals surface area contributed by atoms with Crippen molar-refractivity contribution in [2.24, 2.45) is 0 Å². The number of carbonyl (C=O) groups is 1. The van der Waals surface area contributed by atoms with E-state index in [0.29, 0.717) is 33.0 Å². The zero-order valence-corrected chi connectivity index (χ0v) is 8.85. The quantitative estimate of drug-likeness (QED) is 0.690. The lowest BCUT2D eigenvalue weighted by molar-refractivity contribution is -0.187. The molecule has 1 amide bonds. The topological polar surface area (TPSA) is 75.3 Å². The third-order valence-electron chi connectivity index (χ3n) is 2.12. The van der Waals surface area contributed by atoms with E-state index in [0.717, 1.165) is 0 Å². The van der Waals surface area contributed by atoms with Gasteiger partial charge in [0.1, 0.15) is 6.61 Å². The van der Waals surface area contributed by atoms with Crippen molar-refractivity contribution in [3.63, 3.8) is 0 Å². The Morgan fingerprint density at radius 3 is 2.44 bits per heavy atom. The van der Waals surface area contributed by atoms with Crippen molar-refractivity contribution in [1.82, 2.24) is 5.32 Å². The summed E-state index contributed by atoms with van der Waals surface area (Å²) in [5.74, 6) is 0. The highest BCUT2D eigenvalue weighted by Gasteiger charge is 2.22. The fourth-order valence-corrected chi connectivity index (χ4v) is 1.39. The lowest BCUT2D eigenvalue weighted by atomic mass is 10.5. The molecule has 7 heteroatoms. The van der Waals surface area contributed by atoms with E-state index in [9.17, 15) is 4.79 Å². The maximum atomic E-state index is 11.4. The van der Waals surface area contributed by atoms with Gasteiger partial charge in [0.25, 0.3) is 0 Å². The highest BCUT2D eigenvalue weighted by atomic mass is 16.7. The third kappa shape index (κ3) is 3.60. The van der Waals surface area contributed by atoms with E-state index < -0.39 is 18.6 Å². The number of carbonyl (C=O) groups excluding carboxylic acids is 1. The maximum absolute atomic E-state index is 11.4. The molecule has 0 aromatic carbocycles. The van der Waals surface area contributed by atoms with Gasteiger partial charge in [0, 0.05) is 0 Å². The molecular weight excluding hydrogens is 218 g/mol. The fourth-order valence-electron chi connectivity index (χ4n) is 1.39. The summed E-state index contributed by atoms with van der Waals surface area (Å²) in [4.78, 5) is 11.4. The van der Waals surface area contributed by atoms with Crippen molar-refractivity contribution in [3.8, 4) is 0 Å². The van der Waals surface area contributed by atoms with Crippen LogP contribution < -0.4 is 5.32 Å². The lowest BCUT2D eigenvalue weighted by Crippen LogP contribution is -2.46. The van der Waals surface area contributed by atoms with Crippen LogP contribution in [0.3, 0.4) is 0 Å². The van der Waals surface area contributed by atoms with Crippen LogP contribution in [0.1, 0.15) is 0 Å². The van der Waals surface area contributed by atoms with E-state index in [-0.39, 0.29) is 6.61 Å². The highest BCUT2D eigenvalue weighted by Crippen LogP contribution is 2.03. The van der Waals surface area contributed by atoms with Crippen molar-refractivity contribution in [2.75, 3.05) is 39.6 Å². The fraction of sp³-hybridized carbons (Fsp3) is 0.889. The Hall–Kier alpha value is -0.890. The SMILES string of the molecule is O=C(NC1COCCO1)OC1COCCO1. The van der Waals surface area contributed by atoms with E-state index in [2.05, 4.69) is 5.32 Å². The van der Waals surface area contributed by atoms with Gasteiger partial charge in [0.05, 0.1) is 33.0 Å². The van der Waals surface area contributed by atoms with Gasteiger partial charge in [-0.05, 0) is 0 Å². The third-order valence-corrected chi connectivity index (χ3v) is 2.12. The first-order valence-corrected chi connectivity index (χ1v) is 5.20. The molecule has 16 heavy (non-hydrogen) atoms. The smallest absolute Gasteiger partial charge is 0.411 e. The molecule has 2 unspecified atom stereocenters. The van der Waals surface area contributed by atoms with Gasteiger partial charge in [0.15, 0.2) is 6.23 Å². The van der Waals surface area contributed by atoms with Crippen LogP contribution in [-0.4, -0.2) is 58.3 Å². The van der Waals surface area contributed by atoms with Gasteiger partial charge in [-0.25, -0.2) is 4.79 Å². The summed E-state index contributed by atoms with van der Waals surface area (Å²) in [5.41, 5.74) is 0. The Bertz CT molecular complexity index is 202. The minimum atomic E-state index is -0.641. The van der Waals surface area contributed by atoms with Crippen LogP contribution in [0.25, 0.3) is 0 Å². The van der Waals surface area contributed by atoms with Gasteiger partial charge >= 0.3 is 6.09 Å². The Labute approximate surface area is 92.9 Å². The standard InChI is InChI=1S/C9H15NO6/c11-9(10-7-5-12-1-3-14-7)16-8-6-13-2-4-15-8/h7-8H,1-6H2,(H,10,11). The van der Waals surface area contributed by atoms with Gasteiger partial charge in [0.2, 0.25) is 6.29 Å². The number of hydrogen-bond acceptors (Lipinski definition) is 6. The largest absolute Gasteiger partial charge is 0.417 e. The average molecular weight is 233 g/mol. The lowest BCUT2D eigenvalue weighted by Gasteiger charge is -2.26. The van der Waals surface area contributed by atoms with Crippen LogP contribution in [0, 0.1) is 0 Å². The molecule has 0 spiro atoms. The highest BCUT2D eigenvalue weighted by molar-refractivity contribution is 5.67. The zero-order valence-electron chi connectivity index (χ0n) is 8.85. The van der Waals surface area contributed by atoms with Gasteiger partial charge in [-0.15, -0.1) is 0 Å². The Kier molecular flexibility index (Phi) is 4.34. The average Bonchev–Trinajstić information content (AvgIpc) is 2.31. The van der Waals surface area contributed by atoms with Crippen molar-refractivity contribution >= 4 is 6.09 Å². The first-order chi connectivity index (χ1) is 7.84. The molecule has 0 bridgehead atoms. The predicted octanol–water partition coefficient (Wildman–Crippen LogP) is -0.542. The van der Waals surface area contributed by atoms with Gasteiger partial charge < -0.3 is 23.7 Å². The molecule has 2 atom stereocenters. The van der Waals surface area contributed by atoms with Crippen LogP contribution in [0.4, 0.5) is 4.79 Å². The minimum Gasteiger partial charge on any atom is -0.417 e. The van der Waals surface area contributed by atoms with Crippen molar-refractivity contribution in [1.29, 1.82) is 0 Å². The van der Waals surface area contributed by atoms with E-state index in [4.69, 9.17) is 23.7 Å². The molecule has 2 aliphatic rings. The number of hydrogen-bond donors (Lipinski definition) is 1. The summed E-state index contributed by atoms with van der Waals surface area (Å²) in [7, 11) is 0. The first kappa shape index (κ1) is 11.6. The number of amides is 1. The monoisotopic (exact) mass is 233 g/mol. The Morgan fingerprint density at radius 1 is 1.06 bits per heavy atom. The molecule has 0 radical (unpaired) electrons. The number of rotatable bonds is 2. The summed E-state index contributed by atoms with van der Waals surface area (Å²) in [5, 5.41) is 2.52. The zero-order chi connectivity index (χ0) is 11.2. The molecule has 92 valence electrons. The summed E-state index contributed by atoms with van der Waals surface area (Å²) in [6.07, 6.45) is -1.69. The normalized spacial score (nSPS) is 30.8. The van der Waals surface area contributed by atoms with Crippen LogP contribution in [0.5, 0.6) is 0 Å². The summed E-state index contributed by atoms with van der Waals surface area (Å²) in [6, 6.07) is 0. The van der Waals surface area contributed by atoms with Crippen molar-refractivity contribution in [2.45, 2.75) is 12.5 Å². The molecule has 7 nitrogen and oxygen atoms in total. The molecule has 2 saturated heterocycles. The molecule has 2 fully saturated rings. The number of ether oxygens (including phenoxy) is 5. The number of alkyl carbamates (subject to hydrolysis) is 1. The van der Waals surface area contributed by atoms with Crippen LogP contribution in [0.2, 0.25) is 0 Å².